The summed E-state index contributed by atoms with van der Waals surface area (Å²) in [5.74, 6) is 0. The third-order valence-corrected chi connectivity index (χ3v) is 3.52. The largest absolute Gasteiger partial charge is 0.297 e. The van der Waals surface area contributed by atoms with Crippen LogP contribution >= 0.6 is 11.3 Å². The van der Waals surface area contributed by atoms with E-state index in [1.54, 1.807) is 12.1 Å². The molecule has 0 bridgehead atoms. The highest BCUT2D eigenvalue weighted by atomic mass is 32.1. The normalized spacial score (nSPS) is 11.4. The van der Waals surface area contributed by atoms with Gasteiger partial charge >= 0.3 is 0 Å². The first-order chi connectivity index (χ1) is 8.52. The fraction of sp³-hybridized carbons (Fsp3) is 0.333. The molecule has 18 heavy (non-hydrogen) atoms. The molecule has 0 saturated heterocycles. The second-order valence-electron chi connectivity index (χ2n) is 4.13. The zero-order chi connectivity index (χ0) is 13.3. The van der Waals surface area contributed by atoms with Crippen molar-refractivity contribution in [3.05, 3.63) is 28.8 Å². The molecule has 0 radical (unpaired) electrons. The minimum atomic E-state index is -2.57. The standard InChI is InChI=1S/C12H12F2N2OS/c1-7(2)16-5-9(12(13)14)11(15-16)10-4-3-8(6-17)18-10/h3-7,12H,1-2H3. The van der Waals surface area contributed by atoms with Gasteiger partial charge in [-0.1, -0.05) is 0 Å². The van der Waals surface area contributed by atoms with E-state index in [1.165, 1.54) is 22.2 Å². The third-order valence-electron chi connectivity index (χ3n) is 2.50. The fourth-order valence-corrected chi connectivity index (χ4v) is 2.39. The second kappa shape index (κ2) is 4.97. The third kappa shape index (κ3) is 2.33. The van der Waals surface area contributed by atoms with Crippen molar-refractivity contribution in [1.29, 1.82) is 0 Å². The van der Waals surface area contributed by atoms with Crippen molar-refractivity contribution < 1.29 is 13.6 Å². The van der Waals surface area contributed by atoms with Crippen LogP contribution in [0.1, 0.15) is 41.5 Å². The molecule has 0 aliphatic heterocycles. The Kier molecular flexibility index (Phi) is 3.56. The van der Waals surface area contributed by atoms with Crippen LogP contribution in [0.15, 0.2) is 18.3 Å². The van der Waals surface area contributed by atoms with Crippen LogP contribution in [0.5, 0.6) is 0 Å². The molecule has 0 atom stereocenters. The highest BCUT2D eigenvalue weighted by Crippen LogP contribution is 2.34. The van der Waals surface area contributed by atoms with E-state index in [4.69, 9.17) is 0 Å². The molecule has 96 valence electrons. The number of hydrogen-bond acceptors (Lipinski definition) is 3. The number of aldehydes is 1. The minimum Gasteiger partial charge on any atom is -0.297 e. The van der Waals surface area contributed by atoms with Gasteiger partial charge in [0.05, 0.1) is 15.3 Å². The SMILES string of the molecule is CC(C)n1cc(C(F)F)c(-c2ccc(C=O)s2)n1. The van der Waals surface area contributed by atoms with Crippen molar-refractivity contribution in [2.75, 3.05) is 0 Å². The zero-order valence-electron chi connectivity index (χ0n) is 9.93. The average molecular weight is 270 g/mol. The summed E-state index contributed by atoms with van der Waals surface area (Å²) in [4.78, 5) is 11.7. The number of carbonyl (C=O) groups is 1. The topological polar surface area (TPSA) is 34.9 Å². The van der Waals surface area contributed by atoms with Gasteiger partial charge in [-0.3, -0.25) is 9.48 Å². The number of aromatic nitrogens is 2. The summed E-state index contributed by atoms with van der Waals surface area (Å²) in [5.41, 5.74) is 0.166. The van der Waals surface area contributed by atoms with E-state index in [-0.39, 0.29) is 17.3 Å². The number of rotatable bonds is 4. The van der Waals surface area contributed by atoms with Crippen LogP contribution in [-0.4, -0.2) is 16.1 Å². The Hall–Kier alpha value is -1.56. The molecule has 2 aromatic heterocycles. The van der Waals surface area contributed by atoms with Crippen molar-refractivity contribution in [1.82, 2.24) is 9.78 Å². The van der Waals surface area contributed by atoms with Crippen LogP contribution < -0.4 is 0 Å². The first kappa shape index (κ1) is 12.9. The number of halogens is 2. The lowest BCUT2D eigenvalue weighted by atomic mass is 10.2. The molecular formula is C12H12F2N2OS. The number of hydrogen-bond donors (Lipinski definition) is 0. The molecule has 2 heterocycles. The molecule has 0 saturated carbocycles. The van der Waals surface area contributed by atoms with Gasteiger partial charge in [0.2, 0.25) is 0 Å². The van der Waals surface area contributed by atoms with Crippen LogP contribution in [0.3, 0.4) is 0 Å². The van der Waals surface area contributed by atoms with Crippen molar-refractivity contribution >= 4 is 17.6 Å². The molecular weight excluding hydrogens is 258 g/mol. The summed E-state index contributed by atoms with van der Waals surface area (Å²) >= 11 is 1.17. The molecule has 0 N–H and O–H groups in total. The summed E-state index contributed by atoms with van der Waals surface area (Å²) in [7, 11) is 0. The Morgan fingerprint density at radius 1 is 1.39 bits per heavy atom. The first-order valence-electron chi connectivity index (χ1n) is 5.45. The van der Waals surface area contributed by atoms with Gasteiger partial charge in [-0.05, 0) is 26.0 Å². The molecule has 0 aromatic carbocycles. The maximum atomic E-state index is 13.0. The molecule has 0 unspecified atom stereocenters. The molecule has 0 aliphatic rings. The second-order valence-corrected chi connectivity index (χ2v) is 5.24. The summed E-state index contributed by atoms with van der Waals surface area (Å²) < 4.78 is 27.4. The predicted molar refractivity (Wildman–Crippen MR) is 66.3 cm³/mol. The number of carbonyl (C=O) groups excluding carboxylic acids is 1. The number of thiophene rings is 1. The predicted octanol–water partition coefficient (Wildman–Crippen LogP) is 3.94. The van der Waals surface area contributed by atoms with Crippen LogP contribution in [0.2, 0.25) is 0 Å². The van der Waals surface area contributed by atoms with Crippen LogP contribution in [0.4, 0.5) is 8.78 Å². The van der Waals surface area contributed by atoms with Gasteiger partial charge in [0.25, 0.3) is 6.43 Å². The maximum Gasteiger partial charge on any atom is 0.267 e. The number of nitrogens with zero attached hydrogens (tertiary/aromatic N) is 2. The van der Waals surface area contributed by atoms with E-state index in [0.717, 1.165) is 0 Å². The van der Waals surface area contributed by atoms with Gasteiger partial charge in [0, 0.05) is 12.2 Å². The van der Waals surface area contributed by atoms with Gasteiger partial charge in [0.15, 0.2) is 6.29 Å². The zero-order valence-corrected chi connectivity index (χ0v) is 10.7. The molecule has 6 heteroatoms. The molecule has 0 fully saturated rings. The Labute approximate surface area is 107 Å². The monoisotopic (exact) mass is 270 g/mol. The first-order valence-corrected chi connectivity index (χ1v) is 6.27. The molecule has 3 nitrogen and oxygen atoms in total. The Bertz CT molecular complexity index is 560. The number of alkyl halides is 2. The Balaban J connectivity index is 2.50. The van der Waals surface area contributed by atoms with Gasteiger partial charge < -0.3 is 0 Å². The summed E-state index contributed by atoms with van der Waals surface area (Å²) in [6.07, 6.45) is -0.505. The van der Waals surface area contributed by atoms with Crippen LogP contribution in [0, 0.1) is 0 Å². The maximum absolute atomic E-state index is 13.0. The average Bonchev–Trinajstić information content (AvgIpc) is 2.95. The summed E-state index contributed by atoms with van der Waals surface area (Å²) in [6, 6.07) is 3.27. The van der Waals surface area contributed by atoms with E-state index >= 15 is 0 Å². The lowest BCUT2D eigenvalue weighted by Crippen LogP contribution is -2.00. The summed E-state index contributed by atoms with van der Waals surface area (Å²) in [6.45, 7) is 3.74. The van der Waals surface area contributed by atoms with E-state index in [0.29, 0.717) is 16.0 Å². The van der Waals surface area contributed by atoms with E-state index < -0.39 is 6.43 Å². The molecule has 2 aromatic rings. The van der Waals surface area contributed by atoms with E-state index in [2.05, 4.69) is 5.10 Å². The fourth-order valence-electron chi connectivity index (χ4n) is 1.56. The van der Waals surface area contributed by atoms with Crippen LogP contribution in [0.25, 0.3) is 10.6 Å². The quantitative estimate of drug-likeness (QED) is 0.789. The summed E-state index contributed by atoms with van der Waals surface area (Å²) in [5, 5.41) is 4.18. The highest BCUT2D eigenvalue weighted by molar-refractivity contribution is 7.17. The van der Waals surface area contributed by atoms with Crippen molar-refractivity contribution in [3.63, 3.8) is 0 Å². The van der Waals surface area contributed by atoms with Crippen molar-refractivity contribution in [3.8, 4) is 10.6 Å². The molecule has 2 rings (SSSR count). The van der Waals surface area contributed by atoms with E-state index in [1.807, 2.05) is 13.8 Å². The Morgan fingerprint density at radius 2 is 2.11 bits per heavy atom. The smallest absolute Gasteiger partial charge is 0.267 e. The van der Waals surface area contributed by atoms with Crippen molar-refractivity contribution in [2.45, 2.75) is 26.3 Å². The molecule has 0 amide bonds. The van der Waals surface area contributed by atoms with Gasteiger partial charge in [-0.15, -0.1) is 11.3 Å². The van der Waals surface area contributed by atoms with Gasteiger partial charge in [0.1, 0.15) is 5.69 Å². The van der Waals surface area contributed by atoms with Gasteiger partial charge in [-0.2, -0.15) is 5.10 Å². The van der Waals surface area contributed by atoms with Gasteiger partial charge in [-0.25, -0.2) is 8.78 Å². The van der Waals surface area contributed by atoms with Crippen molar-refractivity contribution in [2.24, 2.45) is 0 Å². The molecule has 0 aliphatic carbocycles. The Morgan fingerprint density at radius 3 is 2.61 bits per heavy atom. The molecule has 0 spiro atoms. The lowest BCUT2D eigenvalue weighted by molar-refractivity contribution is 0.112. The lowest BCUT2D eigenvalue weighted by Gasteiger charge is -2.02. The minimum absolute atomic E-state index is 0.0155. The highest BCUT2D eigenvalue weighted by Gasteiger charge is 2.21. The van der Waals surface area contributed by atoms with Crippen LogP contribution in [-0.2, 0) is 0 Å². The van der Waals surface area contributed by atoms with E-state index in [9.17, 15) is 13.6 Å².